The van der Waals surface area contributed by atoms with Crippen LogP contribution >= 0.6 is 0 Å². The van der Waals surface area contributed by atoms with Gasteiger partial charge >= 0.3 is 6.03 Å². The third-order valence-corrected chi connectivity index (χ3v) is 5.71. The number of carbonyl (C=O) groups excluding carboxylic acids is 1. The Morgan fingerprint density at radius 2 is 1.93 bits per heavy atom. The summed E-state index contributed by atoms with van der Waals surface area (Å²) < 4.78 is 18.1. The Labute approximate surface area is 165 Å². The van der Waals surface area contributed by atoms with Crippen LogP contribution in [0.4, 0.5) is 9.18 Å². The number of fused-ring (bicyclic) bond motifs is 3. The lowest BCUT2D eigenvalue weighted by Crippen LogP contribution is -2.58. The van der Waals surface area contributed by atoms with Gasteiger partial charge in [-0.25, -0.2) is 14.2 Å². The molecule has 6 heteroatoms. The number of carbonyl (C=O) groups is 1. The molecular formula is C21H38FN3O2. The summed E-state index contributed by atoms with van der Waals surface area (Å²) in [6, 6.07) is 3.42. The lowest BCUT2D eigenvalue weighted by molar-refractivity contribution is 0.0433. The zero-order valence-electron chi connectivity index (χ0n) is 17.1. The standard InChI is InChI=1S/C19H28FN3O2.C2H6.2H2/c1-14(20)13-25-16-11-15(3-10-21-16)12-22-17(24)23-19-7-4-18(2,5-8-19)6-9-19;1-2;;/h3,10-11,14H,4-9,12-13H2,1-2H3,(H2,22,23,24);1-2H3;2*1H/t14-,18?,19?;;;/m1.../s1. The zero-order valence-corrected chi connectivity index (χ0v) is 17.1. The van der Waals surface area contributed by atoms with Gasteiger partial charge in [-0.15, -0.1) is 0 Å². The minimum absolute atomic E-state index is 0. The van der Waals surface area contributed by atoms with E-state index in [2.05, 4.69) is 22.5 Å². The maximum absolute atomic E-state index is 12.8. The first kappa shape index (κ1) is 21.5. The van der Waals surface area contributed by atoms with Crippen molar-refractivity contribution in [2.24, 2.45) is 5.41 Å². The van der Waals surface area contributed by atoms with Crippen molar-refractivity contribution in [3.05, 3.63) is 23.9 Å². The average Bonchev–Trinajstić information content (AvgIpc) is 2.68. The summed E-state index contributed by atoms with van der Waals surface area (Å²) in [5, 5.41) is 6.13. The lowest BCUT2D eigenvalue weighted by Gasteiger charge is -2.52. The van der Waals surface area contributed by atoms with Crippen molar-refractivity contribution in [3.8, 4) is 5.88 Å². The number of nitrogens with one attached hydrogen (secondary N) is 2. The van der Waals surface area contributed by atoms with Crippen molar-refractivity contribution < 1.29 is 16.8 Å². The Hall–Kier alpha value is -1.85. The summed E-state index contributed by atoms with van der Waals surface area (Å²) in [5.74, 6) is 0.377. The van der Waals surface area contributed by atoms with E-state index in [0.717, 1.165) is 24.8 Å². The van der Waals surface area contributed by atoms with Gasteiger partial charge in [0.1, 0.15) is 12.8 Å². The monoisotopic (exact) mass is 383 g/mol. The fraction of sp³-hybridized carbons (Fsp3) is 0.714. The van der Waals surface area contributed by atoms with Crippen molar-refractivity contribution in [2.45, 2.75) is 84.5 Å². The predicted octanol–water partition coefficient (Wildman–Crippen LogP) is 5.25. The zero-order chi connectivity index (χ0) is 19.9. The van der Waals surface area contributed by atoms with Crippen LogP contribution < -0.4 is 15.4 Å². The van der Waals surface area contributed by atoms with E-state index in [0.29, 0.717) is 17.8 Å². The van der Waals surface area contributed by atoms with E-state index in [1.165, 1.54) is 26.2 Å². The van der Waals surface area contributed by atoms with Crippen LogP contribution in [0.5, 0.6) is 5.88 Å². The first-order valence-electron chi connectivity index (χ1n) is 10.2. The van der Waals surface area contributed by atoms with Crippen molar-refractivity contribution in [2.75, 3.05) is 6.61 Å². The van der Waals surface area contributed by atoms with Gasteiger partial charge in [-0.3, -0.25) is 0 Å². The Morgan fingerprint density at radius 3 is 2.52 bits per heavy atom. The largest absolute Gasteiger partial charge is 0.475 e. The van der Waals surface area contributed by atoms with Gasteiger partial charge in [0, 0.05) is 27.2 Å². The third kappa shape index (κ3) is 6.08. The van der Waals surface area contributed by atoms with E-state index in [1.807, 2.05) is 19.9 Å². The molecule has 0 radical (unpaired) electrons. The minimum atomic E-state index is -1.04. The molecule has 3 aliphatic carbocycles. The van der Waals surface area contributed by atoms with Crippen LogP contribution in [-0.2, 0) is 6.54 Å². The highest BCUT2D eigenvalue weighted by Gasteiger charge is 2.46. The highest BCUT2D eigenvalue weighted by Crippen LogP contribution is 2.51. The Bertz CT molecular complexity index is 607. The number of urea groups is 1. The van der Waals surface area contributed by atoms with Gasteiger partial charge < -0.3 is 15.4 Å². The number of amides is 2. The van der Waals surface area contributed by atoms with Gasteiger partial charge in [0.25, 0.3) is 0 Å². The van der Waals surface area contributed by atoms with E-state index >= 15 is 0 Å². The second-order valence-corrected chi connectivity index (χ2v) is 7.99. The molecule has 3 aliphatic rings. The van der Waals surface area contributed by atoms with Crippen LogP contribution in [0.2, 0.25) is 0 Å². The molecular weight excluding hydrogens is 345 g/mol. The molecule has 3 fully saturated rings. The van der Waals surface area contributed by atoms with Crippen molar-refractivity contribution >= 4 is 6.03 Å². The van der Waals surface area contributed by atoms with Crippen molar-refractivity contribution in [3.63, 3.8) is 0 Å². The number of nitrogens with zero attached hydrogens (tertiary/aromatic N) is 1. The van der Waals surface area contributed by atoms with Crippen molar-refractivity contribution in [1.82, 2.24) is 15.6 Å². The van der Waals surface area contributed by atoms with Crippen LogP contribution in [-0.4, -0.2) is 29.3 Å². The molecule has 1 aromatic rings. The number of hydrogen-bond acceptors (Lipinski definition) is 3. The van der Waals surface area contributed by atoms with E-state index in [9.17, 15) is 9.18 Å². The van der Waals surface area contributed by atoms with Gasteiger partial charge in [-0.2, -0.15) is 0 Å². The average molecular weight is 384 g/mol. The normalized spacial score (nSPS) is 27.1. The summed E-state index contributed by atoms with van der Waals surface area (Å²) in [4.78, 5) is 16.4. The third-order valence-electron chi connectivity index (χ3n) is 5.71. The first-order chi connectivity index (χ1) is 12.9. The molecule has 1 aromatic heterocycles. The molecule has 0 spiro atoms. The fourth-order valence-electron chi connectivity index (χ4n) is 3.87. The van der Waals surface area contributed by atoms with Gasteiger partial charge in [0.2, 0.25) is 5.88 Å². The number of pyridine rings is 1. The van der Waals surface area contributed by atoms with E-state index in [4.69, 9.17) is 4.74 Å². The smallest absolute Gasteiger partial charge is 0.315 e. The molecule has 5 nitrogen and oxygen atoms in total. The van der Waals surface area contributed by atoms with Crippen LogP contribution in [0.25, 0.3) is 0 Å². The molecule has 2 N–H and O–H groups in total. The molecule has 1 heterocycles. The number of hydrogen-bond donors (Lipinski definition) is 2. The molecule has 3 saturated carbocycles. The van der Waals surface area contributed by atoms with Crippen molar-refractivity contribution in [1.29, 1.82) is 0 Å². The van der Waals surface area contributed by atoms with E-state index in [-0.39, 0.29) is 21.0 Å². The molecule has 0 aliphatic heterocycles. The Kier molecular flexibility index (Phi) is 7.45. The maximum Gasteiger partial charge on any atom is 0.315 e. The van der Waals surface area contributed by atoms with E-state index in [1.54, 1.807) is 12.3 Å². The summed E-state index contributed by atoms with van der Waals surface area (Å²) in [6.07, 6.45) is 7.39. The molecule has 0 unspecified atom stereocenters. The van der Waals surface area contributed by atoms with Crippen LogP contribution in [0.1, 0.15) is 74.6 Å². The summed E-state index contributed by atoms with van der Waals surface area (Å²) in [6.45, 7) is 8.17. The highest BCUT2D eigenvalue weighted by molar-refractivity contribution is 5.74. The fourth-order valence-corrected chi connectivity index (χ4v) is 3.87. The number of aromatic nitrogens is 1. The molecule has 0 saturated heterocycles. The summed E-state index contributed by atoms with van der Waals surface area (Å²) in [7, 11) is 0. The van der Waals surface area contributed by atoms with E-state index < -0.39 is 6.17 Å². The van der Waals surface area contributed by atoms with Gasteiger partial charge in [0.15, 0.2) is 0 Å². The molecule has 1 atom stereocenters. The Morgan fingerprint density at radius 1 is 1.30 bits per heavy atom. The quantitative estimate of drug-likeness (QED) is 0.705. The number of ether oxygens (including phenoxy) is 1. The predicted molar refractivity (Wildman–Crippen MR) is 110 cm³/mol. The molecule has 156 valence electrons. The lowest BCUT2D eigenvalue weighted by atomic mass is 9.58. The molecule has 2 amide bonds. The summed E-state index contributed by atoms with van der Waals surface area (Å²) in [5.41, 5.74) is 1.35. The van der Waals surface area contributed by atoms with Gasteiger partial charge in [0.05, 0.1) is 0 Å². The number of halogens is 1. The minimum Gasteiger partial charge on any atom is -0.475 e. The number of alkyl halides is 1. The van der Waals surface area contributed by atoms with Crippen LogP contribution in [0, 0.1) is 5.41 Å². The maximum atomic E-state index is 12.8. The highest BCUT2D eigenvalue weighted by atomic mass is 19.1. The second kappa shape index (κ2) is 9.38. The van der Waals surface area contributed by atoms with Crippen LogP contribution in [0.3, 0.4) is 0 Å². The molecule has 4 rings (SSSR count). The Balaban J connectivity index is 0.00000190. The van der Waals surface area contributed by atoms with Gasteiger partial charge in [-0.05, 0) is 62.5 Å². The second-order valence-electron chi connectivity index (χ2n) is 7.99. The topological polar surface area (TPSA) is 63.2 Å². The number of rotatable bonds is 6. The first-order valence-corrected chi connectivity index (χ1v) is 10.2. The molecule has 0 aromatic carbocycles. The van der Waals surface area contributed by atoms with Crippen LogP contribution in [0.15, 0.2) is 18.3 Å². The van der Waals surface area contributed by atoms with Gasteiger partial charge in [-0.1, -0.05) is 20.8 Å². The molecule has 2 bridgehead atoms. The molecule has 27 heavy (non-hydrogen) atoms. The SMILES string of the molecule is CC.C[C@@H](F)COc1cc(CNC(=O)NC23CCC(C)(CC2)CC3)ccn1.[HH].[HH]. The summed E-state index contributed by atoms with van der Waals surface area (Å²) >= 11 is 0.